The minimum atomic E-state index is 0.555. The van der Waals surface area contributed by atoms with Gasteiger partial charge in [0.1, 0.15) is 5.01 Å². The highest BCUT2D eigenvalue weighted by atomic mass is 32.1. The summed E-state index contributed by atoms with van der Waals surface area (Å²) in [6, 6.07) is 0. The van der Waals surface area contributed by atoms with Crippen LogP contribution in [0.1, 0.15) is 59.4 Å². The van der Waals surface area contributed by atoms with Gasteiger partial charge in [0.15, 0.2) is 0 Å². The van der Waals surface area contributed by atoms with Crippen LogP contribution in [0.15, 0.2) is 11.6 Å². The SMILES string of the molecule is CC.CC.CC1(C)CCN(Cc2nccs2)CC1. The van der Waals surface area contributed by atoms with Crippen molar-refractivity contribution < 1.29 is 0 Å². The molecule has 2 nitrogen and oxygen atoms in total. The molecule has 0 spiro atoms. The normalized spacial score (nSPS) is 18.1. The lowest BCUT2D eigenvalue weighted by atomic mass is 9.83. The van der Waals surface area contributed by atoms with Crippen LogP contribution in [-0.4, -0.2) is 23.0 Å². The van der Waals surface area contributed by atoms with Gasteiger partial charge in [0.2, 0.25) is 0 Å². The van der Waals surface area contributed by atoms with E-state index in [1.54, 1.807) is 11.3 Å². The standard InChI is InChI=1S/C11H18N2S.2C2H6/c1-11(2)3-6-13(7-4-11)9-10-12-5-8-14-10;2*1-2/h5,8H,3-4,6-7,9H2,1-2H3;2*1-2H3. The molecule has 1 saturated heterocycles. The molecule has 0 N–H and O–H groups in total. The number of piperidine rings is 1. The van der Waals surface area contributed by atoms with E-state index < -0.39 is 0 Å². The summed E-state index contributed by atoms with van der Waals surface area (Å²) in [5.74, 6) is 0. The topological polar surface area (TPSA) is 16.1 Å². The lowest BCUT2D eigenvalue weighted by Crippen LogP contribution is -2.36. The Bertz CT molecular complexity index is 271. The van der Waals surface area contributed by atoms with Gasteiger partial charge in [-0.25, -0.2) is 4.98 Å². The number of aromatic nitrogens is 1. The van der Waals surface area contributed by atoms with Gasteiger partial charge in [-0.15, -0.1) is 11.3 Å². The minimum Gasteiger partial charge on any atom is -0.297 e. The van der Waals surface area contributed by atoms with Crippen LogP contribution >= 0.6 is 11.3 Å². The monoisotopic (exact) mass is 270 g/mol. The second-order valence-electron chi connectivity index (χ2n) is 4.87. The number of hydrogen-bond donors (Lipinski definition) is 0. The molecule has 0 amide bonds. The maximum Gasteiger partial charge on any atom is 0.107 e. The Labute approximate surface area is 117 Å². The lowest BCUT2D eigenvalue weighted by molar-refractivity contribution is 0.127. The van der Waals surface area contributed by atoms with Crippen LogP contribution in [0.25, 0.3) is 0 Å². The molecule has 0 saturated carbocycles. The van der Waals surface area contributed by atoms with Gasteiger partial charge in [0.05, 0.1) is 6.54 Å². The van der Waals surface area contributed by atoms with Crippen molar-refractivity contribution in [1.82, 2.24) is 9.88 Å². The summed E-state index contributed by atoms with van der Waals surface area (Å²) in [4.78, 5) is 6.84. The Hall–Kier alpha value is -0.410. The van der Waals surface area contributed by atoms with Gasteiger partial charge in [-0.2, -0.15) is 0 Å². The fourth-order valence-corrected chi connectivity index (χ4v) is 2.50. The molecule has 3 heteroatoms. The summed E-state index contributed by atoms with van der Waals surface area (Å²) in [5, 5.41) is 3.31. The van der Waals surface area contributed by atoms with E-state index in [4.69, 9.17) is 0 Å². The zero-order valence-electron chi connectivity index (χ0n) is 13.0. The smallest absolute Gasteiger partial charge is 0.107 e. The first-order valence-electron chi connectivity index (χ1n) is 7.26. The predicted molar refractivity (Wildman–Crippen MR) is 83.1 cm³/mol. The van der Waals surface area contributed by atoms with E-state index >= 15 is 0 Å². The van der Waals surface area contributed by atoms with Crippen molar-refractivity contribution in [3.63, 3.8) is 0 Å². The number of thiazole rings is 1. The molecule has 2 rings (SSSR count). The van der Waals surface area contributed by atoms with Crippen LogP contribution in [0.4, 0.5) is 0 Å². The second kappa shape index (κ2) is 9.51. The highest BCUT2D eigenvalue weighted by Crippen LogP contribution is 2.30. The third kappa shape index (κ3) is 6.50. The molecule has 0 bridgehead atoms. The largest absolute Gasteiger partial charge is 0.297 e. The summed E-state index contributed by atoms with van der Waals surface area (Å²) < 4.78 is 0. The zero-order chi connectivity index (χ0) is 14.0. The fourth-order valence-electron chi connectivity index (χ4n) is 1.84. The van der Waals surface area contributed by atoms with Crippen molar-refractivity contribution in [3.05, 3.63) is 16.6 Å². The molecule has 1 aliphatic rings. The Morgan fingerprint density at radius 2 is 1.72 bits per heavy atom. The highest BCUT2D eigenvalue weighted by molar-refractivity contribution is 7.09. The summed E-state index contributed by atoms with van der Waals surface area (Å²) >= 11 is 1.76. The quantitative estimate of drug-likeness (QED) is 0.766. The van der Waals surface area contributed by atoms with E-state index in [2.05, 4.69) is 29.1 Å². The molecular formula is C15H30N2S. The molecule has 0 atom stereocenters. The Kier molecular flexibility index (Phi) is 9.29. The Balaban J connectivity index is 0.000000659. The van der Waals surface area contributed by atoms with Crippen LogP contribution in [0, 0.1) is 5.41 Å². The van der Waals surface area contributed by atoms with E-state index in [0.717, 1.165) is 6.54 Å². The predicted octanol–water partition coefficient (Wildman–Crippen LogP) is 4.82. The van der Waals surface area contributed by atoms with E-state index in [-0.39, 0.29) is 0 Å². The molecule has 0 aliphatic carbocycles. The lowest BCUT2D eigenvalue weighted by Gasteiger charge is -2.36. The van der Waals surface area contributed by atoms with Crippen molar-refractivity contribution in [2.45, 2.75) is 60.9 Å². The number of nitrogens with zero attached hydrogens (tertiary/aromatic N) is 2. The highest BCUT2D eigenvalue weighted by Gasteiger charge is 2.25. The summed E-state index contributed by atoms with van der Waals surface area (Å²) in [7, 11) is 0. The van der Waals surface area contributed by atoms with Crippen LogP contribution in [0.5, 0.6) is 0 Å². The summed E-state index contributed by atoms with van der Waals surface area (Å²) in [6.45, 7) is 16.2. The van der Waals surface area contributed by atoms with Crippen LogP contribution in [0.2, 0.25) is 0 Å². The van der Waals surface area contributed by atoms with E-state index in [1.165, 1.54) is 30.9 Å². The van der Waals surface area contributed by atoms with Gasteiger partial charge >= 0.3 is 0 Å². The number of likely N-dealkylation sites (tertiary alicyclic amines) is 1. The molecule has 1 aliphatic heterocycles. The van der Waals surface area contributed by atoms with Crippen molar-refractivity contribution in [1.29, 1.82) is 0 Å². The zero-order valence-corrected chi connectivity index (χ0v) is 13.8. The van der Waals surface area contributed by atoms with E-state index in [9.17, 15) is 0 Å². The first-order valence-corrected chi connectivity index (χ1v) is 8.14. The maximum absolute atomic E-state index is 4.32. The van der Waals surface area contributed by atoms with Crippen LogP contribution < -0.4 is 0 Å². The third-order valence-corrected chi connectivity index (χ3v) is 3.82. The van der Waals surface area contributed by atoms with Gasteiger partial charge in [0.25, 0.3) is 0 Å². The van der Waals surface area contributed by atoms with Gasteiger partial charge in [-0.05, 0) is 31.3 Å². The number of hydrogen-bond acceptors (Lipinski definition) is 3. The molecule has 1 fully saturated rings. The molecule has 0 unspecified atom stereocenters. The Morgan fingerprint density at radius 3 is 2.17 bits per heavy atom. The number of rotatable bonds is 2. The molecule has 1 aromatic rings. The first kappa shape index (κ1) is 17.6. The minimum absolute atomic E-state index is 0.555. The van der Waals surface area contributed by atoms with E-state index in [0.29, 0.717) is 5.41 Å². The molecule has 0 aromatic carbocycles. The Morgan fingerprint density at radius 1 is 1.17 bits per heavy atom. The van der Waals surface area contributed by atoms with Gasteiger partial charge in [0, 0.05) is 11.6 Å². The van der Waals surface area contributed by atoms with E-state index in [1.807, 2.05) is 33.9 Å². The third-order valence-electron chi connectivity index (χ3n) is 3.05. The molecular weight excluding hydrogens is 240 g/mol. The van der Waals surface area contributed by atoms with Crippen LogP contribution in [-0.2, 0) is 6.54 Å². The first-order chi connectivity index (χ1) is 8.66. The summed E-state index contributed by atoms with van der Waals surface area (Å²) in [5.41, 5.74) is 0.555. The van der Waals surface area contributed by atoms with Crippen molar-refractivity contribution in [3.8, 4) is 0 Å². The van der Waals surface area contributed by atoms with Crippen molar-refractivity contribution >= 4 is 11.3 Å². The molecule has 18 heavy (non-hydrogen) atoms. The average Bonchev–Trinajstić information content (AvgIpc) is 2.90. The molecule has 0 radical (unpaired) electrons. The summed E-state index contributed by atoms with van der Waals surface area (Å²) in [6.07, 6.45) is 4.53. The molecule has 1 aromatic heterocycles. The van der Waals surface area contributed by atoms with Crippen LogP contribution in [0.3, 0.4) is 0 Å². The van der Waals surface area contributed by atoms with Crippen molar-refractivity contribution in [2.24, 2.45) is 5.41 Å². The second-order valence-corrected chi connectivity index (χ2v) is 5.85. The van der Waals surface area contributed by atoms with Crippen molar-refractivity contribution in [2.75, 3.05) is 13.1 Å². The van der Waals surface area contributed by atoms with Gasteiger partial charge in [-0.1, -0.05) is 41.5 Å². The molecule has 2 heterocycles. The van der Waals surface area contributed by atoms with Gasteiger partial charge in [-0.3, -0.25) is 4.90 Å². The molecule has 106 valence electrons. The fraction of sp³-hybridized carbons (Fsp3) is 0.800. The average molecular weight is 270 g/mol. The maximum atomic E-state index is 4.32. The van der Waals surface area contributed by atoms with Gasteiger partial charge < -0.3 is 0 Å².